The predicted molar refractivity (Wildman–Crippen MR) is 74.2 cm³/mol. The second-order valence-electron chi connectivity index (χ2n) is 4.68. The van der Waals surface area contributed by atoms with Gasteiger partial charge in [0.2, 0.25) is 0 Å². The highest BCUT2D eigenvalue weighted by Crippen LogP contribution is 2.21. The lowest BCUT2D eigenvalue weighted by atomic mass is 10.1. The first-order valence-corrected chi connectivity index (χ1v) is 6.78. The van der Waals surface area contributed by atoms with Crippen LogP contribution in [0.5, 0.6) is 0 Å². The third kappa shape index (κ3) is 2.70. The van der Waals surface area contributed by atoms with Gasteiger partial charge in [-0.25, -0.2) is 0 Å². The molecular formula is C14H19NO2S. The van der Waals surface area contributed by atoms with Crippen LogP contribution in [0.4, 0.5) is 0 Å². The maximum atomic E-state index is 12.6. The molecule has 0 aliphatic carbocycles. The van der Waals surface area contributed by atoms with E-state index in [0.29, 0.717) is 18.7 Å². The topological polar surface area (TPSA) is 29.5 Å². The van der Waals surface area contributed by atoms with Gasteiger partial charge in [-0.1, -0.05) is 19.1 Å². The summed E-state index contributed by atoms with van der Waals surface area (Å²) >= 11 is 4.36. The number of amides is 1. The monoisotopic (exact) mass is 265 g/mol. The van der Waals surface area contributed by atoms with Crippen LogP contribution in [0.25, 0.3) is 0 Å². The molecule has 2 unspecified atom stereocenters. The van der Waals surface area contributed by atoms with Gasteiger partial charge in [-0.3, -0.25) is 4.79 Å². The van der Waals surface area contributed by atoms with Gasteiger partial charge in [0.05, 0.1) is 24.3 Å². The van der Waals surface area contributed by atoms with Crippen LogP contribution < -0.4 is 0 Å². The van der Waals surface area contributed by atoms with E-state index >= 15 is 0 Å². The summed E-state index contributed by atoms with van der Waals surface area (Å²) in [6.45, 7) is 5.35. The van der Waals surface area contributed by atoms with Gasteiger partial charge in [-0.2, -0.15) is 0 Å². The van der Waals surface area contributed by atoms with Crippen molar-refractivity contribution in [3.63, 3.8) is 0 Å². The zero-order chi connectivity index (χ0) is 13.1. The molecule has 0 spiro atoms. The smallest absolute Gasteiger partial charge is 0.255 e. The van der Waals surface area contributed by atoms with Gasteiger partial charge in [0, 0.05) is 11.4 Å². The van der Waals surface area contributed by atoms with Gasteiger partial charge in [0.25, 0.3) is 5.91 Å². The molecule has 2 atom stereocenters. The second-order valence-corrected chi connectivity index (χ2v) is 5.16. The van der Waals surface area contributed by atoms with Crippen LogP contribution in [0.3, 0.4) is 0 Å². The third-order valence-electron chi connectivity index (χ3n) is 3.33. The van der Waals surface area contributed by atoms with E-state index in [9.17, 15) is 4.79 Å². The average Bonchev–Trinajstić information content (AvgIpc) is 2.38. The van der Waals surface area contributed by atoms with Gasteiger partial charge >= 0.3 is 0 Å². The standard InChI is InChI=1S/C14H19NO2S/c1-3-11-9-17-10(2)8-15(11)14(16)12-6-4-5-7-13(12)18/h4-7,10-11,18H,3,8-9H2,1-2H3. The molecule has 3 nitrogen and oxygen atoms in total. The first-order valence-electron chi connectivity index (χ1n) is 6.34. The van der Waals surface area contributed by atoms with Crippen molar-refractivity contribution in [2.75, 3.05) is 13.2 Å². The molecule has 1 amide bonds. The van der Waals surface area contributed by atoms with Gasteiger partial charge < -0.3 is 9.64 Å². The second kappa shape index (κ2) is 5.76. The molecule has 0 bridgehead atoms. The Morgan fingerprint density at radius 1 is 1.50 bits per heavy atom. The van der Waals surface area contributed by atoms with Gasteiger partial charge in [-0.05, 0) is 25.5 Å². The number of carbonyl (C=O) groups is 1. The Hall–Kier alpha value is -1.00. The van der Waals surface area contributed by atoms with E-state index in [2.05, 4.69) is 19.6 Å². The molecule has 1 saturated heterocycles. The molecular weight excluding hydrogens is 246 g/mol. The number of rotatable bonds is 2. The fourth-order valence-corrected chi connectivity index (χ4v) is 2.50. The van der Waals surface area contributed by atoms with Crippen molar-refractivity contribution in [1.29, 1.82) is 0 Å². The molecule has 98 valence electrons. The van der Waals surface area contributed by atoms with Crippen LogP contribution in [-0.2, 0) is 4.74 Å². The minimum absolute atomic E-state index is 0.0580. The lowest BCUT2D eigenvalue weighted by Crippen LogP contribution is -2.51. The summed E-state index contributed by atoms with van der Waals surface area (Å²) in [5, 5.41) is 0. The maximum absolute atomic E-state index is 12.6. The fraction of sp³-hybridized carbons (Fsp3) is 0.500. The van der Waals surface area contributed by atoms with Crippen LogP contribution in [0.1, 0.15) is 30.6 Å². The molecule has 1 heterocycles. The highest BCUT2D eigenvalue weighted by molar-refractivity contribution is 7.80. The number of nitrogens with zero attached hydrogens (tertiary/aromatic N) is 1. The Bertz CT molecular complexity index is 436. The fourth-order valence-electron chi connectivity index (χ4n) is 2.24. The molecule has 0 N–H and O–H groups in total. The summed E-state index contributed by atoms with van der Waals surface area (Å²) < 4.78 is 5.61. The summed E-state index contributed by atoms with van der Waals surface area (Å²) in [5.74, 6) is 0.0580. The van der Waals surface area contributed by atoms with Crippen LogP contribution >= 0.6 is 12.6 Å². The maximum Gasteiger partial charge on any atom is 0.255 e. The molecule has 1 aromatic carbocycles. The van der Waals surface area contributed by atoms with Crippen molar-refractivity contribution >= 4 is 18.5 Å². The lowest BCUT2D eigenvalue weighted by molar-refractivity contribution is -0.0445. The minimum atomic E-state index is 0.0580. The Morgan fingerprint density at radius 3 is 2.89 bits per heavy atom. The number of carbonyl (C=O) groups excluding carboxylic acids is 1. The van der Waals surface area contributed by atoms with Crippen LogP contribution in [0.2, 0.25) is 0 Å². The number of thiol groups is 1. The zero-order valence-electron chi connectivity index (χ0n) is 10.8. The summed E-state index contributed by atoms with van der Waals surface area (Å²) in [7, 11) is 0. The van der Waals surface area contributed by atoms with Crippen LogP contribution in [0, 0.1) is 0 Å². The molecule has 1 fully saturated rings. The van der Waals surface area contributed by atoms with Crippen molar-refractivity contribution < 1.29 is 9.53 Å². The molecule has 1 aromatic rings. The molecule has 0 saturated carbocycles. The molecule has 4 heteroatoms. The lowest BCUT2D eigenvalue weighted by Gasteiger charge is -2.38. The van der Waals surface area contributed by atoms with E-state index < -0.39 is 0 Å². The molecule has 0 aromatic heterocycles. The SMILES string of the molecule is CCC1COC(C)CN1C(=O)c1ccccc1S. The van der Waals surface area contributed by atoms with E-state index in [4.69, 9.17) is 4.74 Å². The van der Waals surface area contributed by atoms with E-state index in [1.807, 2.05) is 36.1 Å². The number of ether oxygens (including phenoxy) is 1. The summed E-state index contributed by atoms with van der Waals surface area (Å²) in [4.78, 5) is 15.2. The number of hydrogen-bond acceptors (Lipinski definition) is 3. The van der Waals surface area contributed by atoms with Gasteiger partial charge in [-0.15, -0.1) is 12.6 Å². The molecule has 1 aliphatic heterocycles. The van der Waals surface area contributed by atoms with E-state index in [1.54, 1.807) is 0 Å². The highest BCUT2D eigenvalue weighted by atomic mass is 32.1. The van der Waals surface area contributed by atoms with E-state index in [0.717, 1.165) is 11.3 Å². The van der Waals surface area contributed by atoms with Crippen molar-refractivity contribution in [2.45, 2.75) is 37.3 Å². The van der Waals surface area contributed by atoms with E-state index in [1.165, 1.54) is 0 Å². The minimum Gasteiger partial charge on any atom is -0.375 e. The Kier molecular flexibility index (Phi) is 4.30. The largest absolute Gasteiger partial charge is 0.375 e. The Balaban J connectivity index is 2.23. The molecule has 1 aliphatic rings. The number of hydrogen-bond donors (Lipinski definition) is 1. The highest BCUT2D eigenvalue weighted by Gasteiger charge is 2.30. The van der Waals surface area contributed by atoms with Crippen LogP contribution in [-0.4, -0.2) is 36.1 Å². The number of morpholine rings is 1. The normalized spacial score (nSPS) is 24.1. The van der Waals surface area contributed by atoms with Crippen LogP contribution in [0.15, 0.2) is 29.2 Å². The first-order chi connectivity index (χ1) is 8.63. The summed E-state index contributed by atoms with van der Waals surface area (Å²) in [6.07, 6.45) is 1.01. The van der Waals surface area contributed by atoms with Crippen molar-refractivity contribution in [3.8, 4) is 0 Å². The third-order valence-corrected chi connectivity index (χ3v) is 3.72. The zero-order valence-corrected chi connectivity index (χ0v) is 11.7. The summed E-state index contributed by atoms with van der Waals surface area (Å²) in [5.41, 5.74) is 0.674. The van der Waals surface area contributed by atoms with Crippen molar-refractivity contribution in [2.24, 2.45) is 0 Å². The average molecular weight is 265 g/mol. The van der Waals surface area contributed by atoms with Gasteiger partial charge in [0.1, 0.15) is 0 Å². The summed E-state index contributed by atoms with van der Waals surface area (Å²) in [6, 6.07) is 7.61. The molecule has 0 radical (unpaired) electrons. The van der Waals surface area contributed by atoms with E-state index in [-0.39, 0.29) is 18.1 Å². The Morgan fingerprint density at radius 2 is 2.22 bits per heavy atom. The van der Waals surface area contributed by atoms with Crippen molar-refractivity contribution in [1.82, 2.24) is 4.90 Å². The quantitative estimate of drug-likeness (QED) is 0.833. The van der Waals surface area contributed by atoms with Crippen molar-refractivity contribution in [3.05, 3.63) is 29.8 Å². The Labute approximate surface area is 114 Å². The predicted octanol–water partition coefficient (Wildman–Crippen LogP) is 2.61. The molecule has 18 heavy (non-hydrogen) atoms. The molecule has 2 rings (SSSR count). The first kappa shape index (κ1) is 13.4. The number of benzene rings is 1. The van der Waals surface area contributed by atoms with Gasteiger partial charge in [0.15, 0.2) is 0 Å².